The van der Waals surface area contributed by atoms with Gasteiger partial charge in [0.25, 0.3) is 5.91 Å². The van der Waals surface area contributed by atoms with Crippen molar-refractivity contribution in [3.63, 3.8) is 0 Å². The fraction of sp³-hybridized carbons (Fsp3) is 0.263. The van der Waals surface area contributed by atoms with E-state index in [2.05, 4.69) is 10.1 Å². The fourth-order valence-electron chi connectivity index (χ4n) is 3.30. The predicted octanol–water partition coefficient (Wildman–Crippen LogP) is 1.60. The normalized spacial score (nSPS) is 21.0. The first kappa shape index (κ1) is 20.8. The van der Waals surface area contributed by atoms with Crippen molar-refractivity contribution in [3.8, 4) is 6.07 Å². The predicted molar refractivity (Wildman–Crippen MR) is 107 cm³/mol. The minimum atomic E-state index is -0.850. The summed E-state index contributed by atoms with van der Waals surface area (Å²) in [6, 6.07) is 8.83. The topological polar surface area (TPSA) is 126 Å². The second-order valence-corrected chi connectivity index (χ2v) is 7.82. The van der Waals surface area contributed by atoms with Crippen LogP contribution in [0.5, 0.6) is 0 Å². The number of nitrogens with zero attached hydrogens (tertiary/aromatic N) is 2. The maximum Gasteiger partial charge on any atom is 0.307 e. The van der Waals surface area contributed by atoms with Crippen LogP contribution in [0.15, 0.2) is 46.3 Å². The molecule has 1 aromatic rings. The van der Waals surface area contributed by atoms with Crippen molar-refractivity contribution < 1.29 is 19.1 Å². The number of benzene rings is 1. The zero-order valence-corrected chi connectivity index (χ0v) is 17.1. The molecule has 1 aromatic carbocycles. The van der Waals surface area contributed by atoms with E-state index in [0.29, 0.717) is 10.6 Å². The van der Waals surface area contributed by atoms with Crippen LogP contribution >= 0.6 is 23.4 Å². The van der Waals surface area contributed by atoms with Gasteiger partial charge >= 0.3 is 5.97 Å². The summed E-state index contributed by atoms with van der Waals surface area (Å²) in [6.45, 7) is 0. The Morgan fingerprint density at radius 3 is 2.69 bits per heavy atom. The Balaban J connectivity index is 2.23. The Morgan fingerprint density at radius 1 is 1.41 bits per heavy atom. The third-order valence-electron chi connectivity index (χ3n) is 4.67. The van der Waals surface area contributed by atoms with E-state index >= 15 is 0 Å². The summed E-state index contributed by atoms with van der Waals surface area (Å²) < 4.78 is 4.65. The van der Waals surface area contributed by atoms with Crippen LogP contribution in [0.4, 0.5) is 0 Å². The average Bonchev–Trinajstić information content (AvgIpc) is 3.03. The quantitative estimate of drug-likeness (QED) is 0.692. The highest BCUT2D eigenvalue weighted by atomic mass is 35.5. The number of rotatable bonds is 4. The lowest BCUT2D eigenvalue weighted by Crippen LogP contribution is -2.39. The Bertz CT molecular complexity index is 1010. The van der Waals surface area contributed by atoms with Crippen molar-refractivity contribution in [1.82, 2.24) is 10.2 Å². The van der Waals surface area contributed by atoms with Crippen molar-refractivity contribution in [2.75, 3.05) is 14.2 Å². The fourth-order valence-corrected chi connectivity index (χ4v) is 4.87. The summed E-state index contributed by atoms with van der Waals surface area (Å²) in [4.78, 5) is 38.6. The van der Waals surface area contributed by atoms with E-state index in [0.717, 1.165) is 16.7 Å². The number of methoxy groups -OCH3 is 1. The van der Waals surface area contributed by atoms with Gasteiger partial charge in [0.1, 0.15) is 11.1 Å². The van der Waals surface area contributed by atoms with Gasteiger partial charge in [-0.15, -0.1) is 0 Å². The molecular formula is C19H17ClN4O4S. The first-order valence-electron chi connectivity index (χ1n) is 8.53. The number of esters is 1. The van der Waals surface area contributed by atoms with Crippen molar-refractivity contribution in [2.24, 2.45) is 5.73 Å². The minimum absolute atomic E-state index is 0.0353. The molecule has 150 valence electrons. The lowest BCUT2D eigenvalue weighted by Gasteiger charge is -2.32. The van der Waals surface area contributed by atoms with Gasteiger partial charge in [-0.1, -0.05) is 41.6 Å². The summed E-state index contributed by atoms with van der Waals surface area (Å²) in [5.41, 5.74) is 6.93. The number of nitrogens with one attached hydrogen (secondary N) is 1. The van der Waals surface area contributed by atoms with E-state index in [9.17, 15) is 19.6 Å². The molecule has 3 rings (SSSR count). The molecule has 0 aliphatic carbocycles. The van der Waals surface area contributed by atoms with Crippen LogP contribution in [0.1, 0.15) is 17.9 Å². The molecule has 0 spiro atoms. The number of thioether (sulfide) groups is 1. The van der Waals surface area contributed by atoms with E-state index in [-0.39, 0.29) is 28.4 Å². The van der Waals surface area contributed by atoms with Crippen LogP contribution in [0.3, 0.4) is 0 Å². The zero-order valence-electron chi connectivity index (χ0n) is 15.6. The first-order chi connectivity index (χ1) is 13.8. The monoisotopic (exact) mass is 432 g/mol. The molecule has 3 N–H and O–H groups in total. The SMILES string of the molecule is CNC(=O)C1=C2SC(CC(=O)OC)C(=O)N2C(N)=C(C#N)C1c1ccccc1Cl. The number of fused-ring (bicyclic) bond motifs is 1. The highest BCUT2D eigenvalue weighted by Crippen LogP contribution is 2.50. The molecule has 0 saturated carbocycles. The third-order valence-corrected chi connectivity index (χ3v) is 6.29. The molecule has 0 bridgehead atoms. The molecular weight excluding hydrogens is 416 g/mol. The second kappa shape index (κ2) is 8.19. The number of nitriles is 1. The Labute approximate surface area is 176 Å². The van der Waals surface area contributed by atoms with Gasteiger partial charge in [0.05, 0.1) is 41.7 Å². The van der Waals surface area contributed by atoms with Gasteiger partial charge in [-0.2, -0.15) is 5.26 Å². The number of carbonyl (C=O) groups is 3. The lowest BCUT2D eigenvalue weighted by atomic mass is 9.82. The number of hydrogen-bond donors (Lipinski definition) is 2. The van der Waals surface area contributed by atoms with Gasteiger partial charge < -0.3 is 15.8 Å². The molecule has 2 aliphatic heterocycles. The molecule has 2 unspecified atom stereocenters. The summed E-state index contributed by atoms with van der Waals surface area (Å²) in [5.74, 6) is -2.46. The number of allylic oxidation sites excluding steroid dienone is 1. The zero-order chi connectivity index (χ0) is 21.3. The number of ether oxygens (including phenoxy) is 1. The number of likely N-dealkylation sites (N-methyl/N-ethyl adjacent to an activating group) is 1. The maximum absolute atomic E-state index is 12.9. The van der Waals surface area contributed by atoms with E-state index in [1.54, 1.807) is 24.3 Å². The molecule has 10 heteroatoms. The molecule has 2 aliphatic rings. The molecule has 2 atom stereocenters. The van der Waals surface area contributed by atoms with Crippen molar-refractivity contribution in [2.45, 2.75) is 17.6 Å². The molecule has 8 nitrogen and oxygen atoms in total. The lowest BCUT2D eigenvalue weighted by molar-refractivity contribution is -0.142. The largest absolute Gasteiger partial charge is 0.469 e. The average molecular weight is 433 g/mol. The van der Waals surface area contributed by atoms with Gasteiger partial charge in [-0.25, -0.2) is 0 Å². The van der Waals surface area contributed by atoms with Crippen LogP contribution in [0.25, 0.3) is 0 Å². The van der Waals surface area contributed by atoms with E-state index in [1.807, 2.05) is 6.07 Å². The smallest absolute Gasteiger partial charge is 0.307 e. The van der Waals surface area contributed by atoms with E-state index in [4.69, 9.17) is 17.3 Å². The van der Waals surface area contributed by atoms with Crippen LogP contribution in [0.2, 0.25) is 5.02 Å². The van der Waals surface area contributed by atoms with Crippen LogP contribution in [-0.4, -0.2) is 42.1 Å². The second-order valence-electron chi connectivity index (χ2n) is 6.22. The van der Waals surface area contributed by atoms with Gasteiger partial charge in [-0.3, -0.25) is 19.3 Å². The number of amides is 2. The summed E-state index contributed by atoms with van der Waals surface area (Å²) in [7, 11) is 2.68. The number of nitrogens with two attached hydrogens (primary N) is 1. The van der Waals surface area contributed by atoms with Crippen LogP contribution < -0.4 is 11.1 Å². The maximum atomic E-state index is 12.9. The molecule has 0 aromatic heterocycles. The Hall–Kier alpha value is -2.96. The first-order valence-corrected chi connectivity index (χ1v) is 9.79. The molecule has 2 amide bonds. The van der Waals surface area contributed by atoms with E-state index in [1.165, 1.54) is 14.2 Å². The van der Waals surface area contributed by atoms with Gasteiger partial charge in [0, 0.05) is 12.1 Å². The van der Waals surface area contributed by atoms with Crippen LogP contribution in [0, 0.1) is 11.3 Å². The van der Waals surface area contributed by atoms with Gasteiger partial charge in [-0.05, 0) is 11.6 Å². The third kappa shape index (κ3) is 3.45. The van der Waals surface area contributed by atoms with Gasteiger partial charge in [0.15, 0.2) is 0 Å². The molecule has 1 saturated heterocycles. The Kier molecular flexibility index (Phi) is 5.86. The highest BCUT2D eigenvalue weighted by molar-refractivity contribution is 8.04. The summed E-state index contributed by atoms with van der Waals surface area (Å²) >= 11 is 7.40. The van der Waals surface area contributed by atoms with Crippen molar-refractivity contribution in [1.29, 1.82) is 5.26 Å². The van der Waals surface area contributed by atoms with E-state index < -0.39 is 29.0 Å². The van der Waals surface area contributed by atoms with Crippen LogP contribution in [-0.2, 0) is 19.1 Å². The van der Waals surface area contributed by atoms with Gasteiger partial charge in [0.2, 0.25) is 5.91 Å². The molecule has 2 heterocycles. The molecule has 0 radical (unpaired) electrons. The Morgan fingerprint density at radius 2 is 2.10 bits per heavy atom. The standard InChI is InChI=1S/C19H17ClN4O4S/c1-23-17(26)15-14(9-5-3-4-6-11(9)20)10(8-21)16(22)24-18(27)12(29-19(15)24)7-13(25)28-2/h3-6,12,14H,7,22H2,1-2H3,(H,23,26). The molecule has 1 fully saturated rings. The number of hydrogen-bond acceptors (Lipinski definition) is 7. The summed E-state index contributed by atoms with van der Waals surface area (Å²) in [5, 5.41) is 12.2. The highest BCUT2D eigenvalue weighted by Gasteiger charge is 2.48. The van der Waals surface area contributed by atoms with Crippen molar-refractivity contribution in [3.05, 3.63) is 56.8 Å². The summed E-state index contributed by atoms with van der Waals surface area (Å²) in [6.07, 6.45) is -0.188. The van der Waals surface area contributed by atoms with Crippen molar-refractivity contribution >= 4 is 41.1 Å². The number of halogens is 1. The molecule has 29 heavy (non-hydrogen) atoms. The number of carbonyl (C=O) groups excluding carboxylic acids is 3. The minimum Gasteiger partial charge on any atom is -0.469 e.